The topological polar surface area (TPSA) is 64.3 Å². The van der Waals surface area contributed by atoms with Crippen molar-refractivity contribution < 1.29 is 18.3 Å². The van der Waals surface area contributed by atoms with E-state index in [-0.39, 0.29) is 11.3 Å². The van der Waals surface area contributed by atoms with Crippen molar-refractivity contribution in [1.82, 2.24) is 0 Å². The summed E-state index contributed by atoms with van der Waals surface area (Å²) in [6.45, 7) is 5.23. The fraction of sp³-hybridized carbons (Fsp3) is 0.235. The van der Waals surface area contributed by atoms with Crippen LogP contribution in [0, 0.1) is 11.6 Å². The van der Waals surface area contributed by atoms with Gasteiger partial charge in [0.1, 0.15) is 5.60 Å². The molecule has 0 saturated heterocycles. The van der Waals surface area contributed by atoms with Crippen molar-refractivity contribution >= 4 is 17.5 Å². The summed E-state index contributed by atoms with van der Waals surface area (Å²) in [6, 6.07) is 8.43. The summed E-state index contributed by atoms with van der Waals surface area (Å²) in [5, 5.41) is 2.52. The molecule has 2 aromatic carbocycles. The van der Waals surface area contributed by atoms with Crippen molar-refractivity contribution in [3.8, 4) is 11.1 Å². The summed E-state index contributed by atoms with van der Waals surface area (Å²) in [5.41, 5.74) is 6.30. The molecule has 6 heteroatoms. The average molecular weight is 320 g/mol. The smallest absolute Gasteiger partial charge is 0.412 e. The molecule has 1 amide bonds. The number of anilines is 2. The highest BCUT2D eigenvalue weighted by molar-refractivity contribution is 5.90. The van der Waals surface area contributed by atoms with Gasteiger partial charge in [0, 0.05) is 5.56 Å². The molecule has 0 aliphatic heterocycles. The zero-order chi connectivity index (χ0) is 17.2. The Labute approximate surface area is 133 Å². The van der Waals surface area contributed by atoms with Crippen molar-refractivity contribution in [2.75, 3.05) is 11.1 Å². The fourth-order valence-electron chi connectivity index (χ4n) is 1.98. The third kappa shape index (κ3) is 4.18. The first-order valence-corrected chi connectivity index (χ1v) is 7.01. The number of carbonyl (C=O) groups excluding carboxylic acids is 1. The Bertz CT molecular complexity index is 740. The zero-order valence-electron chi connectivity index (χ0n) is 13.1. The van der Waals surface area contributed by atoms with Gasteiger partial charge in [0.15, 0.2) is 11.6 Å². The number of carbonyl (C=O) groups is 1. The molecule has 122 valence electrons. The van der Waals surface area contributed by atoms with Crippen molar-refractivity contribution in [3.05, 3.63) is 48.0 Å². The standard InChI is InChI=1S/C17H18F2N2O2/c1-17(2,3)23-16(22)21-14-8-7-10(9-13(14)20)11-5-4-6-12(18)15(11)19/h4-9H,20H2,1-3H3,(H,21,22). The Morgan fingerprint density at radius 3 is 2.48 bits per heavy atom. The minimum atomic E-state index is -0.945. The first-order chi connectivity index (χ1) is 10.7. The Kier molecular flexibility index (Phi) is 4.54. The maximum atomic E-state index is 13.8. The van der Waals surface area contributed by atoms with Gasteiger partial charge in [-0.15, -0.1) is 0 Å². The van der Waals surface area contributed by atoms with Gasteiger partial charge in [0.25, 0.3) is 0 Å². The van der Waals surface area contributed by atoms with Crippen LogP contribution in [0.2, 0.25) is 0 Å². The van der Waals surface area contributed by atoms with Crippen LogP contribution in [0.15, 0.2) is 36.4 Å². The van der Waals surface area contributed by atoms with Crippen LogP contribution in [0.4, 0.5) is 25.0 Å². The number of benzene rings is 2. The predicted molar refractivity (Wildman–Crippen MR) is 86.1 cm³/mol. The van der Waals surface area contributed by atoms with Crippen molar-refractivity contribution in [3.63, 3.8) is 0 Å². The zero-order valence-corrected chi connectivity index (χ0v) is 13.1. The van der Waals surface area contributed by atoms with Gasteiger partial charge in [-0.25, -0.2) is 13.6 Å². The number of halogens is 2. The van der Waals surface area contributed by atoms with Crippen molar-refractivity contribution in [1.29, 1.82) is 0 Å². The van der Waals surface area contributed by atoms with Crippen molar-refractivity contribution in [2.45, 2.75) is 26.4 Å². The molecule has 0 fully saturated rings. The first-order valence-electron chi connectivity index (χ1n) is 7.01. The van der Waals surface area contributed by atoms with E-state index in [1.54, 1.807) is 26.8 Å². The summed E-state index contributed by atoms with van der Waals surface area (Å²) in [4.78, 5) is 11.7. The van der Waals surface area contributed by atoms with Crippen LogP contribution in [-0.4, -0.2) is 11.7 Å². The van der Waals surface area contributed by atoms with Gasteiger partial charge >= 0.3 is 6.09 Å². The quantitative estimate of drug-likeness (QED) is 0.797. The van der Waals surface area contributed by atoms with Crippen LogP contribution >= 0.6 is 0 Å². The molecule has 2 rings (SSSR count). The van der Waals surface area contributed by atoms with E-state index < -0.39 is 23.3 Å². The van der Waals surface area contributed by atoms with Crippen LogP contribution in [0.3, 0.4) is 0 Å². The van der Waals surface area contributed by atoms with Gasteiger partial charge in [-0.1, -0.05) is 18.2 Å². The third-order valence-corrected chi connectivity index (χ3v) is 2.95. The molecule has 2 aromatic rings. The van der Waals surface area contributed by atoms with E-state index in [4.69, 9.17) is 10.5 Å². The molecule has 0 aliphatic rings. The summed E-state index contributed by atoms with van der Waals surface area (Å²) in [6.07, 6.45) is -0.645. The van der Waals surface area contributed by atoms with Crippen LogP contribution in [0.1, 0.15) is 20.8 Å². The number of rotatable bonds is 2. The SMILES string of the molecule is CC(C)(C)OC(=O)Nc1ccc(-c2cccc(F)c2F)cc1N. The number of nitrogens with two attached hydrogens (primary N) is 1. The number of nitrogen functional groups attached to an aromatic ring is 1. The highest BCUT2D eigenvalue weighted by Gasteiger charge is 2.17. The summed E-state index contributed by atoms with van der Waals surface area (Å²) in [7, 11) is 0. The summed E-state index contributed by atoms with van der Waals surface area (Å²) < 4.78 is 32.2. The van der Waals surface area contributed by atoms with Crippen LogP contribution in [0.25, 0.3) is 11.1 Å². The van der Waals surface area contributed by atoms with Gasteiger partial charge in [-0.2, -0.15) is 0 Å². The number of hydrogen-bond donors (Lipinski definition) is 2. The largest absolute Gasteiger partial charge is 0.444 e. The minimum Gasteiger partial charge on any atom is -0.444 e. The third-order valence-electron chi connectivity index (χ3n) is 2.95. The number of nitrogens with one attached hydrogen (secondary N) is 1. The Morgan fingerprint density at radius 1 is 1.17 bits per heavy atom. The van der Waals surface area contributed by atoms with Gasteiger partial charge < -0.3 is 10.5 Å². The molecule has 0 atom stereocenters. The van der Waals surface area contributed by atoms with E-state index in [2.05, 4.69) is 5.32 Å². The maximum Gasteiger partial charge on any atom is 0.412 e. The molecule has 3 N–H and O–H groups in total. The van der Waals surface area contributed by atoms with Gasteiger partial charge in [-0.3, -0.25) is 5.32 Å². The normalized spacial score (nSPS) is 11.2. The Morgan fingerprint density at radius 2 is 1.87 bits per heavy atom. The molecule has 0 aromatic heterocycles. The van der Waals surface area contributed by atoms with Crippen LogP contribution < -0.4 is 11.1 Å². The molecule has 0 spiro atoms. The van der Waals surface area contributed by atoms with Crippen molar-refractivity contribution in [2.24, 2.45) is 0 Å². The molecule has 0 saturated carbocycles. The number of amides is 1. The van der Waals surface area contributed by atoms with Gasteiger partial charge in [-0.05, 0) is 44.5 Å². The molecule has 23 heavy (non-hydrogen) atoms. The fourth-order valence-corrected chi connectivity index (χ4v) is 1.98. The highest BCUT2D eigenvalue weighted by atomic mass is 19.2. The van der Waals surface area contributed by atoms with E-state index in [1.807, 2.05) is 0 Å². The second-order valence-electron chi connectivity index (χ2n) is 6.03. The lowest BCUT2D eigenvalue weighted by Gasteiger charge is -2.20. The molecule has 0 heterocycles. The number of hydrogen-bond acceptors (Lipinski definition) is 3. The van der Waals surface area contributed by atoms with Gasteiger partial charge in [0.2, 0.25) is 0 Å². The molecule has 0 bridgehead atoms. The minimum absolute atomic E-state index is 0.0977. The molecule has 4 nitrogen and oxygen atoms in total. The van der Waals surface area contributed by atoms with E-state index in [9.17, 15) is 13.6 Å². The lowest BCUT2D eigenvalue weighted by Crippen LogP contribution is -2.27. The molecular weight excluding hydrogens is 302 g/mol. The summed E-state index contributed by atoms with van der Waals surface area (Å²) in [5.74, 6) is -1.88. The van der Waals surface area contributed by atoms with E-state index >= 15 is 0 Å². The number of ether oxygens (including phenoxy) is 1. The molecule has 0 unspecified atom stereocenters. The second kappa shape index (κ2) is 6.24. The van der Waals surface area contributed by atoms with E-state index in [0.29, 0.717) is 11.3 Å². The van der Waals surface area contributed by atoms with Gasteiger partial charge in [0.05, 0.1) is 11.4 Å². The molecule has 0 radical (unpaired) electrons. The highest BCUT2D eigenvalue weighted by Crippen LogP contribution is 2.29. The predicted octanol–water partition coefficient (Wildman–Crippen LogP) is 4.56. The monoisotopic (exact) mass is 320 g/mol. The van der Waals surface area contributed by atoms with E-state index in [1.165, 1.54) is 24.3 Å². The first kappa shape index (κ1) is 16.7. The lowest BCUT2D eigenvalue weighted by atomic mass is 10.0. The Hall–Kier alpha value is -2.63. The molecular formula is C17H18F2N2O2. The maximum absolute atomic E-state index is 13.8. The molecule has 0 aliphatic carbocycles. The van der Waals surface area contributed by atoms with Crippen LogP contribution in [0.5, 0.6) is 0 Å². The lowest BCUT2D eigenvalue weighted by molar-refractivity contribution is 0.0636. The van der Waals surface area contributed by atoms with Crippen LogP contribution in [-0.2, 0) is 4.74 Å². The van der Waals surface area contributed by atoms with E-state index in [0.717, 1.165) is 6.07 Å². The average Bonchev–Trinajstić information content (AvgIpc) is 2.42. The summed E-state index contributed by atoms with van der Waals surface area (Å²) >= 11 is 0. The Balaban J connectivity index is 2.25. The second-order valence-corrected chi connectivity index (χ2v) is 6.03.